The van der Waals surface area contributed by atoms with Crippen LogP contribution in [-0.2, 0) is 0 Å². The number of methoxy groups -OCH3 is 2. The molecule has 0 aliphatic rings. The van der Waals surface area contributed by atoms with Crippen molar-refractivity contribution in [3.8, 4) is 11.5 Å². The molecule has 0 N–H and O–H groups in total. The molecule has 0 atom stereocenters. The fraction of sp³-hybridized carbons (Fsp3) is 0.143. The van der Waals surface area contributed by atoms with Crippen LogP contribution in [0.1, 0.15) is 0 Å². The first-order valence-electron chi connectivity index (χ1n) is 5.38. The van der Waals surface area contributed by atoms with Crippen molar-refractivity contribution < 1.29 is 9.47 Å². The molecule has 2 aromatic carbocycles. The Kier molecular flexibility index (Phi) is 4.39. The number of rotatable bonds is 4. The second-order valence-electron chi connectivity index (χ2n) is 3.57. The van der Waals surface area contributed by atoms with E-state index in [1.54, 1.807) is 26.0 Å². The Bertz CT molecular complexity index is 526. The molecule has 0 bridgehead atoms. The van der Waals surface area contributed by atoms with E-state index in [-0.39, 0.29) is 0 Å². The summed E-state index contributed by atoms with van der Waals surface area (Å²) in [6, 6.07) is 13.5. The normalized spacial score (nSPS) is 10.2. The average molecular weight is 281 g/mol. The fourth-order valence-electron chi connectivity index (χ4n) is 1.49. The maximum absolute atomic E-state index is 5.86. The lowest BCUT2D eigenvalue weighted by Crippen LogP contribution is -1.89. The van der Waals surface area contributed by atoms with Crippen LogP contribution in [0.25, 0.3) is 0 Å². The minimum atomic E-state index is 0.737. The Balaban J connectivity index is 2.25. The van der Waals surface area contributed by atoms with Gasteiger partial charge < -0.3 is 9.47 Å². The molecule has 18 heavy (non-hydrogen) atoms. The summed E-state index contributed by atoms with van der Waals surface area (Å²) in [6.07, 6.45) is 0. The molecule has 2 nitrogen and oxygen atoms in total. The highest BCUT2D eigenvalue weighted by Gasteiger charge is 2.06. The van der Waals surface area contributed by atoms with Crippen LogP contribution in [0.5, 0.6) is 11.5 Å². The quantitative estimate of drug-likeness (QED) is 0.821. The summed E-state index contributed by atoms with van der Waals surface area (Å²) in [4.78, 5) is 2.16. The molecular weight excluding hydrogens is 268 g/mol. The third kappa shape index (κ3) is 3.12. The van der Waals surface area contributed by atoms with Gasteiger partial charge in [-0.3, -0.25) is 0 Å². The van der Waals surface area contributed by atoms with Crippen LogP contribution in [0.3, 0.4) is 0 Å². The lowest BCUT2D eigenvalue weighted by atomic mass is 10.3. The van der Waals surface area contributed by atoms with E-state index in [0.29, 0.717) is 0 Å². The van der Waals surface area contributed by atoms with Crippen molar-refractivity contribution in [2.75, 3.05) is 14.2 Å². The fourth-order valence-corrected chi connectivity index (χ4v) is 2.52. The van der Waals surface area contributed by atoms with Gasteiger partial charge in [-0.25, -0.2) is 0 Å². The third-order valence-corrected chi connectivity index (χ3v) is 3.73. The van der Waals surface area contributed by atoms with E-state index in [1.807, 2.05) is 42.5 Å². The van der Waals surface area contributed by atoms with E-state index in [0.717, 1.165) is 26.3 Å². The van der Waals surface area contributed by atoms with Crippen molar-refractivity contribution in [1.29, 1.82) is 0 Å². The number of hydrogen-bond acceptors (Lipinski definition) is 3. The van der Waals surface area contributed by atoms with E-state index in [9.17, 15) is 0 Å². The molecule has 4 heteroatoms. The SMILES string of the molecule is COc1ccc(Sc2ccc(Cl)cc2)c(OC)c1. The molecule has 0 fully saturated rings. The van der Waals surface area contributed by atoms with Gasteiger partial charge in [0.05, 0.1) is 19.1 Å². The Morgan fingerprint density at radius 3 is 2.28 bits per heavy atom. The van der Waals surface area contributed by atoms with Gasteiger partial charge >= 0.3 is 0 Å². The van der Waals surface area contributed by atoms with E-state index in [1.165, 1.54) is 0 Å². The Hall–Kier alpha value is -1.32. The smallest absolute Gasteiger partial charge is 0.136 e. The molecule has 0 aromatic heterocycles. The van der Waals surface area contributed by atoms with E-state index in [2.05, 4.69) is 0 Å². The average Bonchev–Trinajstić information content (AvgIpc) is 2.41. The van der Waals surface area contributed by atoms with Crippen molar-refractivity contribution in [3.05, 3.63) is 47.5 Å². The van der Waals surface area contributed by atoms with Crippen LogP contribution in [0.2, 0.25) is 5.02 Å². The maximum Gasteiger partial charge on any atom is 0.136 e. The Morgan fingerprint density at radius 1 is 0.944 bits per heavy atom. The van der Waals surface area contributed by atoms with Crippen LogP contribution in [0, 0.1) is 0 Å². The highest BCUT2D eigenvalue weighted by Crippen LogP contribution is 2.37. The van der Waals surface area contributed by atoms with Crippen LogP contribution >= 0.6 is 23.4 Å². The summed E-state index contributed by atoms with van der Waals surface area (Å²) in [5.41, 5.74) is 0. The zero-order valence-corrected chi connectivity index (χ0v) is 11.7. The lowest BCUT2D eigenvalue weighted by Gasteiger charge is -2.09. The van der Waals surface area contributed by atoms with Crippen LogP contribution in [0.4, 0.5) is 0 Å². The molecule has 0 spiro atoms. The Labute approximate surface area is 116 Å². The second-order valence-corrected chi connectivity index (χ2v) is 5.12. The maximum atomic E-state index is 5.86. The monoisotopic (exact) mass is 280 g/mol. The highest BCUT2D eigenvalue weighted by molar-refractivity contribution is 7.99. The number of benzene rings is 2. The van der Waals surface area contributed by atoms with Crippen molar-refractivity contribution >= 4 is 23.4 Å². The minimum absolute atomic E-state index is 0.737. The van der Waals surface area contributed by atoms with Gasteiger partial charge in [0.15, 0.2) is 0 Å². The van der Waals surface area contributed by atoms with Gasteiger partial charge in [-0.1, -0.05) is 23.4 Å². The summed E-state index contributed by atoms with van der Waals surface area (Å²) in [6.45, 7) is 0. The van der Waals surface area contributed by atoms with Gasteiger partial charge in [0, 0.05) is 16.0 Å². The molecule has 0 aliphatic carbocycles. The first kappa shape index (κ1) is 13.1. The molecule has 0 radical (unpaired) electrons. The first-order chi connectivity index (χ1) is 8.72. The summed E-state index contributed by atoms with van der Waals surface area (Å²) in [7, 11) is 3.29. The summed E-state index contributed by atoms with van der Waals surface area (Å²) in [5.74, 6) is 1.58. The summed E-state index contributed by atoms with van der Waals surface area (Å²) in [5, 5.41) is 0.737. The standard InChI is InChI=1S/C14H13ClO2S/c1-16-11-5-8-14(13(9-11)17-2)18-12-6-3-10(15)4-7-12/h3-9H,1-2H3. The molecule has 0 amide bonds. The molecule has 0 saturated carbocycles. The topological polar surface area (TPSA) is 18.5 Å². The van der Waals surface area contributed by atoms with Crippen LogP contribution < -0.4 is 9.47 Å². The first-order valence-corrected chi connectivity index (χ1v) is 6.58. The molecule has 2 rings (SSSR count). The number of hydrogen-bond donors (Lipinski definition) is 0. The minimum Gasteiger partial charge on any atom is -0.497 e. The largest absolute Gasteiger partial charge is 0.497 e. The van der Waals surface area contributed by atoms with Gasteiger partial charge in [-0.2, -0.15) is 0 Å². The highest BCUT2D eigenvalue weighted by atomic mass is 35.5. The number of halogens is 1. The van der Waals surface area contributed by atoms with Crippen LogP contribution in [0.15, 0.2) is 52.3 Å². The molecular formula is C14H13ClO2S. The van der Waals surface area contributed by atoms with Gasteiger partial charge in [-0.05, 0) is 36.4 Å². The molecule has 0 saturated heterocycles. The van der Waals surface area contributed by atoms with Gasteiger partial charge in [0.25, 0.3) is 0 Å². The predicted octanol–water partition coefficient (Wildman–Crippen LogP) is 4.51. The van der Waals surface area contributed by atoms with E-state index >= 15 is 0 Å². The zero-order valence-electron chi connectivity index (χ0n) is 10.1. The van der Waals surface area contributed by atoms with E-state index in [4.69, 9.17) is 21.1 Å². The molecule has 94 valence electrons. The summed E-state index contributed by atoms with van der Waals surface area (Å²) >= 11 is 7.49. The van der Waals surface area contributed by atoms with E-state index < -0.39 is 0 Å². The van der Waals surface area contributed by atoms with Crippen LogP contribution in [-0.4, -0.2) is 14.2 Å². The van der Waals surface area contributed by atoms with Crippen molar-refractivity contribution in [3.63, 3.8) is 0 Å². The van der Waals surface area contributed by atoms with Crippen molar-refractivity contribution in [2.45, 2.75) is 9.79 Å². The predicted molar refractivity (Wildman–Crippen MR) is 75.1 cm³/mol. The lowest BCUT2D eigenvalue weighted by molar-refractivity contribution is 0.387. The molecule has 0 unspecified atom stereocenters. The van der Waals surface area contributed by atoms with Gasteiger partial charge in [0.1, 0.15) is 11.5 Å². The molecule has 0 aliphatic heterocycles. The second kappa shape index (κ2) is 6.03. The van der Waals surface area contributed by atoms with Gasteiger partial charge in [-0.15, -0.1) is 0 Å². The Morgan fingerprint density at radius 2 is 1.67 bits per heavy atom. The molecule has 2 aromatic rings. The molecule has 0 heterocycles. The van der Waals surface area contributed by atoms with Gasteiger partial charge in [0.2, 0.25) is 0 Å². The zero-order chi connectivity index (χ0) is 13.0. The third-order valence-electron chi connectivity index (χ3n) is 2.41. The number of ether oxygens (including phenoxy) is 2. The van der Waals surface area contributed by atoms with Crippen molar-refractivity contribution in [1.82, 2.24) is 0 Å². The summed E-state index contributed by atoms with van der Waals surface area (Å²) < 4.78 is 10.5. The van der Waals surface area contributed by atoms with Crippen molar-refractivity contribution in [2.24, 2.45) is 0 Å².